The van der Waals surface area contributed by atoms with E-state index in [2.05, 4.69) is 4.98 Å². The molecule has 0 bridgehead atoms. The van der Waals surface area contributed by atoms with Crippen molar-refractivity contribution in [3.05, 3.63) is 24.5 Å². The highest BCUT2D eigenvalue weighted by Gasteiger charge is 2.48. The minimum absolute atomic E-state index is 0.0657. The van der Waals surface area contributed by atoms with Crippen molar-refractivity contribution < 1.29 is 17.9 Å². The fraction of sp³-hybridized carbons (Fsp3) is 0.667. The molecular formula is C15H22N2O4S. The van der Waals surface area contributed by atoms with Crippen LogP contribution in [0.4, 0.5) is 0 Å². The van der Waals surface area contributed by atoms with Crippen molar-refractivity contribution in [2.75, 3.05) is 32.6 Å². The monoisotopic (exact) mass is 326 g/mol. The maximum Gasteiger partial charge on any atom is 0.211 e. The van der Waals surface area contributed by atoms with Gasteiger partial charge in [0.05, 0.1) is 25.2 Å². The minimum atomic E-state index is -3.19. The second-order valence-electron chi connectivity index (χ2n) is 6.19. The molecule has 0 saturated carbocycles. The summed E-state index contributed by atoms with van der Waals surface area (Å²) < 4.78 is 37.2. The Kier molecular flexibility index (Phi) is 4.38. The Hall–Kier alpha value is -1.18. The molecule has 2 fully saturated rings. The van der Waals surface area contributed by atoms with Crippen molar-refractivity contribution >= 4 is 10.0 Å². The quantitative estimate of drug-likeness (QED) is 0.834. The molecule has 0 aliphatic carbocycles. The molecule has 2 atom stereocenters. The van der Waals surface area contributed by atoms with Crippen molar-refractivity contribution in [1.29, 1.82) is 0 Å². The number of aromatic nitrogens is 1. The molecule has 2 aliphatic rings. The van der Waals surface area contributed by atoms with Crippen LogP contribution in [0.3, 0.4) is 0 Å². The zero-order valence-electron chi connectivity index (χ0n) is 12.8. The summed E-state index contributed by atoms with van der Waals surface area (Å²) >= 11 is 0. The molecule has 0 aromatic carbocycles. The van der Waals surface area contributed by atoms with Gasteiger partial charge in [0.25, 0.3) is 0 Å². The van der Waals surface area contributed by atoms with Crippen LogP contribution in [0.5, 0.6) is 5.75 Å². The molecule has 0 N–H and O–H groups in total. The van der Waals surface area contributed by atoms with E-state index in [4.69, 9.17) is 9.47 Å². The van der Waals surface area contributed by atoms with Crippen LogP contribution in [0, 0.1) is 5.41 Å². The lowest BCUT2D eigenvalue weighted by Crippen LogP contribution is -2.58. The topological polar surface area (TPSA) is 68.7 Å². The average molecular weight is 326 g/mol. The molecule has 0 spiro atoms. The van der Waals surface area contributed by atoms with Gasteiger partial charge in [-0.05, 0) is 31.4 Å². The van der Waals surface area contributed by atoms with Crippen LogP contribution >= 0.6 is 0 Å². The normalized spacial score (nSPS) is 29.8. The summed E-state index contributed by atoms with van der Waals surface area (Å²) in [5.41, 5.74) is -0.268. The van der Waals surface area contributed by atoms with Gasteiger partial charge >= 0.3 is 0 Å². The predicted octanol–water partition coefficient (Wildman–Crippen LogP) is 1.29. The van der Waals surface area contributed by atoms with E-state index < -0.39 is 10.0 Å². The third-order valence-corrected chi connectivity index (χ3v) is 5.83. The van der Waals surface area contributed by atoms with Crippen LogP contribution in [0.1, 0.15) is 19.3 Å². The predicted molar refractivity (Wildman–Crippen MR) is 82.2 cm³/mol. The van der Waals surface area contributed by atoms with Gasteiger partial charge in [0.1, 0.15) is 5.75 Å². The van der Waals surface area contributed by atoms with Crippen LogP contribution in [0.25, 0.3) is 0 Å². The first-order valence-corrected chi connectivity index (χ1v) is 9.44. The Morgan fingerprint density at radius 3 is 3.14 bits per heavy atom. The molecule has 2 saturated heterocycles. The van der Waals surface area contributed by atoms with Gasteiger partial charge in [0.15, 0.2) is 0 Å². The van der Waals surface area contributed by atoms with E-state index in [9.17, 15) is 8.42 Å². The van der Waals surface area contributed by atoms with Crippen LogP contribution in [0.15, 0.2) is 24.5 Å². The largest absolute Gasteiger partial charge is 0.491 e. The van der Waals surface area contributed by atoms with Crippen molar-refractivity contribution in [1.82, 2.24) is 9.29 Å². The van der Waals surface area contributed by atoms with Gasteiger partial charge in [-0.1, -0.05) is 0 Å². The molecule has 0 amide bonds. The molecule has 0 radical (unpaired) electrons. The Morgan fingerprint density at radius 2 is 2.41 bits per heavy atom. The third-order valence-electron chi connectivity index (χ3n) is 4.58. The molecule has 7 heteroatoms. The highest BCUT2D eigenvalue weighted by Crippen LogP contribution is 2.41. The molecule has 3 heterocycles. The number of fused-ring (bicyclic) bond motifs is 1. The van der Waals surface area contributed by atoms with E-state index in [-0.39, 0.29) is 11.5 Å². The van der Waals surface area contributed by atoms with Gasteiger partial charge in [-0.25, -0.2) is 12.7 Å². The van der Waals surface area contributed by atoms with Gasteiger partial charge in [-0.3, -0.25) is 4.98 Å². The zero-order valence-corrected chi connectivity index (χ0v) is 13.6. The van der Waals surface area contributed by atoms with Gasteiger partial charge in [0, 0.05) is 31.3 Å². The van der Waals surface area contributed by atoms with Crippen LogP contribution in [-0.4, -0.2) is 56.4 Å². The van der Waals surface area contributed by atoms with E-state index in [1.165, 1.54) is 6.26 Å². The fourth-order valence-electron chi connectivity index (χ4n) is 3.40. The minimum Gasteiger partial charge on any atom is -0.491 e. The molecule has 122 valence electrons. The molecule has 6 nitrogen and oxygen atoms in total. The van der Waals surface area contributed by atoms with Gasteiger partial charge in [-0.15, -0.1) is 0 Å². The van der Waals surface area contributed by atoms with E-state index in [1.807, 2.05) is 12.1 Å². The Labute approximate surface area is 131 Å². The molecular weight excluding hydrogens is 304 g/mol. The maximum absolute atomic E-state index is 11.9. The summed E-state index contributed by atoms with van der Waals surface area (Å²) in [7, 11) is -3.19. The molecule has 1 aromatic rings. The number of rotatable bonds is 4. The molecule has 22 heavy (non-hydrogen) atoms. The number of hydrogen-bond acceptors (Lipinski definition) is 5. The van der Waals surface area contributed by atoms with Crippen molar-refractivity contribution in [2.45, 2.75) is 25.4 Å². The summed E-state index contributed by atoms with van der Waals surface area (Å²) in [4.78, 5) is 4.04. The van der Waals surface area contributed by atoms with Gasteiger partial charge in [-0.2, -0.15) is 0 Å². The average Bonchev–Trinajstić information content (AvgIpc) is 2.52. The van der Waals surface area contributed by atoms with Gasteiger partial charge in [0.2, 0.25) is 10.0 Å². The lowest BCUT2D eigenvalue weighted by Gasteiger charge is -2.49. The highest BCUT2D eigenvalue weighted by atomic mass is 32.2. The molecule has 1 aromatic heterocycles. The lowest BCUT2D eigenvalue weighted by molar-refractivity contribution is -0.128. The number of hydrogen-bond donors (Lipinski definition) is 0. The Bertz CT molecular complexity index is 607. The van der Waals surface area contributed by atoms with Crippen LogP contribution in [0.2, 0.25) is 0 Å². The first-order valence-electron chi connectivity index (χ1n) is 7.59. The van der Waals surface area contributed by atoms with Crippen molar-refractivity contribution in [3.63, 3.8) is 0 Å². The fourth-order valence-corrected chi connectivity index (χ4v) is 4.33. The Balaban J connectivity index is 1.78. The van der Waals surface area contributed by atoms with E-state index in [1.54, 1.807) is 16.7 Å². The SMILES string of the molecule is CS(=O)(=O)N1CCC2OCCCC2(COc2cccnc2)C1. The first kappa shape index (κ1) is 15.7. The lowest BCUT2D eigenvalue weighted by atomic mass is 9.73. The number of piperidine rings is 1. The number of ether oxygens (including phenoxy) is 2. The summed E-state index contributed by atoms with van der Waals surface area (Å²) in [5.74, 6) is 0.706. The second kappa shape index (κ2) is 6.14. The smallest absolute Gasteiger partial charge is 0.211 e. The number of pyridine rings is 1. The Morgan fingerprint density at radius 1 is 1.55 bits per heavy atom. The second-order valence-corrected chi connectivity index (χ2v) is 8.17. The zero-order chi connectivity index (χ0) is 15.6. The molecule has 2 aliphatic heterocycles. The summed E-state index contributed by atoms with van der Waals surface area (Å²) in [6.45, 7) is 2.20. The standard InChI is InChI=1S/C15H22N2O4S/c1-22(18,19)17-8-5-14-15(11-17,6-3-9-20-14)12-21-13-4-2-7-16-10-13/h2,4,7,10,14H,3,5-6,8-9,11-12H2,1H3. The van der Waals surface area contributed by atoms with E-state index in [0.717, 1.165) is 25.9 Å². The van der Waals surface area contributed by atoms with Crippen molar-refractivity contribution in [2.24, 2.45) is 5.41 Å². The first-order chi connectivity index (χ1) is 10.5. The van der Waals surface area contributed by atoms with Gasteiger partial charge < -0.3 is 9.47 Å². The number of nitrogens with zero attached hydrogens (tertiary/aromatic N) is 2. The number of sulfonamides is 1. The van der Waals surface area contributed by atoms with Crippen LogP contribution < -0.4 is 4.74 Å². The van der Waals surface area contributed by atoms with E-state index >= 15 is 0 Å². The third kappa shape index (κ3) is 3.26. The molecule has 3 rings (SSSR count). The summed E-state index contributed by atoms with van der Waals surface area (Å²) in [5, 5.41) is 0. The maximum atomic E-state index is 11.9. The summed E-state index contributed by atoms with van der Waals surface area (Å²) in [6.07, 6.45) is 7.29. The highest BCUT2D eigenvalue weighted by molar-refractivity contribution is 7.88. The summed E-state index contributed by atoms with van der Waals surface area (Å²) in [6, 6.07) is 3.69. The van der Waals surface area contributed by atoms with E-state index in [0.29, 0.717) is 25.4 Å². The molecule has 2 unspecified atom stereocenters. The van der Waals surface area contributed by atoms with Crippen LogP contribution in [-0.2, 0) is 14.8 Å². The van der Waals surface area contributed by atoms with Crippen molar-refractivity contribution in [3.8, 4) is 5.75 Å².